The molecule has 0 aliphatic heterocycles. The minimum absolute atomic E-state index is 0.0175. The summed E-state index contributed by atoms with van der Waals surface area (Å²) in [6.07, 6.45) is -0.381. The summed E-state index contributed by atoms with van der Waals surface area (Å²) in [5.41, 5.74) is 1.31. The van der Waals surface area contributed by atoms with Crippen LogP contribution in [0, 0.1) is 6.92 Å². The number of rotatable bonds is 5. The number of aliphatic carboxylic acids is 1. The van der Waals surface area contributed by atoms with Crippen LogP contribution in [0.3, 0.4) is 0 Å². The van der Waals surface area contributed by atoms with Crippen LogP contribution >= 0.6 is 11.6 Å². The number of hydrogen-bond acceptors (Lipinski definition) is 2. The third-order valence-corrected chi connectivity index (χ3v) is 2.37. The van der Waals surface area contributed by atoms with Gasteiger partial charge in [0.25, 0.3) is 0 Å². The van der Waals surface area contributed by atoms with E-state index in [1.54, 1.807) is 13.0 Å². The minimum atomic E-state index is -3.01. The van der Waals surface area contributed by atoms with E-state index in [-0.39, 0.29) is 23.6 Å². The maximum atomic E-state index is 12.2. The molecule has 0 unspecified atom stereocenters. The molecule has 0 aliphatic carbocycles. The first-order chi connectivity index (χ1) is 7.93. The molecule has 0 aromatic heterocycles. The molecule has 0 amide bonds. The molecule has 0 atom stereocenters. The van der Waals surface area contributed by atoms with Crippen LogP contribution in [0.15, 0.2) is 12.1 Å². The van der Waals surface area contributed by atoms with Gasteiger partial charge in [-0.05, 0) is 6.92 Å². The molecule has 1 N–H and O–H groups in total. The second-order valence-corrected chi connectivity index (χ2v) is 3.76. The molecule has 94 valence electrons. The summed E-state index contributed by atoms with van der Waals surface area (Å²) in [6.45, 7) is -1.28. The zero-order chi connectivity index (χ0) is 13.0. The average Bonchev–Trinajstić information content (AvgIpc) is 2.20. The first kappa shape index (κ1) is 13.7. The highest BCUT2D eigenvalue weighted by Gasteiger charge is 2.16. The van der Waals surface area contributed by atoms with Crippen molar-refractivity contribution in [3.05, 3.63) is 28.8 Å². The van der Waals surface area contributed by atoms with Gasteiger partial charge in [0, 0.05) is 11.1 Å². The van der Waals surface area contributed by atoms with E-state index in [1.165, 1.54) is 6.07 Å². The Kier molecular flexibility index (Phi) is 4.69. The Hall–Kier alpha value is -1.36. The van der Waals surface area contributed by atoms with Gasteiger partial charge >= 0.3 is 12.6 Å². The molecule has 1 rings (SSSR count). The predicted molar refractivity (Wildman–Crippen MR) is 58.7 cm³/mol. The smallest absolute Gasteiger partial charge is 0.387 e. The van der Waals surface area contributed by atoms with Gasteiger partial charge in [0.15, 0.2) is 0 Å². The van der Waals surface area contributed by atoms with Crippen LogP contribution in [0.2, 0.25) is 0 Å². The predicted octanol–water partition coefficient (Wildman–Crippen LogP) is 2.96. The maximum Gasteiger partial charge on any atom is 0.387 e. The highest BCUT2D eigenvalue weighted by molar-refractivity contribution is 6.17. The number of carboxylic acid groups (broad SMARTS) is 1. The molecule has 0 aliphatic rings. The summed E-state index contributed by atoms with van der Waals surface area (Å²) in [5, 5.41) is 8.70. The van der Waals surface area contributed by atoms with Crippen LogP contribution < -0.4 is 4.74 Å². The Morgan fingerprint density at radius 1 is 1.47 bits per heavy atom. The van der Waals surface area contributed by atoms with Gasteiger partial charge < -0.3 is 9.84 Å². The maximum absolute atomic E-state index is 12.2. The lowest BCUT2D eigenvalue weighted by molar-refractivity contribution is -0.136. The molecule has 0 spiro atoms. The van der Waals surface area contributed by atoms with Crippen molar-refractivity contribution in [2.75, 3.05) is 0 Å². The molecule has 3 nitrogen and oxygen atoms in total. The highest BCUT2D eigenvalue weighted by Crippen LogP contribution is 2.29. The molecule has 17 heavy (non-hydrogen) atoms. The first-order valence-corrected chi connectivity index (χ1v) is 5.32. The van der Waals surface area contributed by atoms with E-state index >= 15 is 0 Å². The fraction of sp³-hybridized carbons (Fsp3) is 0.364. The van der Waals surface area contributed by atoms with Crippen LogP contribution in [0.25, 0.3) is 0 Å². The fourth-order valence-corrected chi connectivity index (χ4v) is 1.76. The van der Waals surface area contributed by atoms with Crippen LogP contribution in [0.1, 0.15) is 16.7 Å². The Morgan fingerprint density at radius 2 is 2.06 bits per heavy atom. The summed E-state index contributed by atoms with van der Waals surface area (Å²) in [5.74, 6) is -1.27. The summed E-state index contributed by atoms with van der Waals surface area (Å²) >= 11 is 5.62. The third-order valence-electron chi connectivity index (χ3n) is 2.08. The molecule has 1 aromatic rings. The zero-order valence-electron chi connectivity index (χ0n) is 9.04. The molecule has 0 bridgehead atoms. The molecule has 0 saturated heterocycles. The van der Waals surface area contributed by atoms with E-state index in [0.717, 1.165) is 5.56 Å². The van der Waals surface area contributed by atoms with Crippen molar-refractivity contribution in [3.63, 3.8) is 0 Å². The van der Waals surface area contributed by atoms with Gasteiger partial charge in [-0.15, -0.1) is 11.6 Å². The molecular weight excluding hydrogens is 254 g/mol. The van der Waals surface area contributed by atoms with Gasteiger partial charge in [0.1, 0.15) is 5.75 Å². The summed E-state index contributed by atoms with van der Waals surface area (Å²) in [7, 11) is 0. The molecule has 0 saturated carbocycles. The van der Waals surface area contributed by atoms with E-state index in [9.17, 15) is 13.6 Å². The number of benzene rings is 1. The molecule has 0 fully saturated rings. The number of alkyl halides is 3. The second kappa shape index (κ2) is 5.82. The quantitative estimate of drug-likeness (QED) is 0.832. The average molecular weight is 265 g/mol. The summed E-state index contributed by atoms with van der Waals surface area (Å²) < 4.78 is 28.8. The largest absolute Gasteiger partial charge is 0.481 e. The Morgan fingerprint density at radius 3 is 2.53 bits per heavy atom. The van der Waals surface area contributed by atoms with E-state index in [1.807, 2.05) is 0 Å². The SMILES string of the molecule is Cc1cc(CCl)c(OC(F)F)c(CC(=O)O)c1. The molecular formula is C11H11ClF2O3. The standard InChI is InChI=1S/C11H11ClF2O3/c1-6-2-7(4-9(15)16)10(17-11(13)14)8(3-6)5-12/h2-3,11H,4-5H2,1H3,(H,15,16). The second-order valence-electron chi connectivity index (χ2n) is 3.49. The van der Waals surface area contributed by atoms with Crippen molar-refractivity contribution in [1.82, 2.24) is 0 Å². The van der Waals surface area contributed by atoms with E-state index in [0.29, 0.717) is 5.56 Å². The Labute approximate surface area is 102 Å². The number of halogens is 3. The van der Waals surface area contributed by atoms with E-state index in [2.05, 4.69) is 4.74 Å². The first-order valence-electron chi connectivity index (χ1n) is 4.79. The van der Waals surface area contributed by atoms with Gasteiger partial charge in [-0.1, -0.05) is 17.7 Å². The van der Waals surface area contributed by atoms with Crippen LogP contribution in [0.5, 0.6) is 5.75 Å². The van der Waals surface area contributed by atoms with E-state index < -0.39 is 12.6 Å². The number of hydrogen-bond donors (Lipinski definition) is 1. The van der Waals surface area contributed by atoms with Crippen LogP contribution in [-0.4, -0.2) is 17.7 Å². The van der Waals surface area contributed by atoms with Gasteiger partial charge in [0.05, 0.1) is 12.3 Å². The van der Waals surface area contributed by atoms with Gasteiger partial charge in [-0.25, -0.2) is 0 Å². The normalized spacial score (nSPS) is 10.6. The van der Waals surface area contributed by atoms with Gasteiger partial charge in [0.2, 0.25) is 0 Å². The fourth-order valence-electron chi connectivity index (χ4n) is 1.56. The Bertz CT molecular complexity index is 421. The topological polar surface area (TPSA) is 46.5 Å². The van der Waals surface area contributed by atoms with Crippen molar-refractivity contribution >= 4 is 17.6 Å². The molecule has 0 heterocycles. The number of carboxylic acids is 1. The van der Waals surface area contributed by atoms with Crippen molar-refractivity contribution < 1.29 is 23.4 Å². The molecule has 6 heteroatoms. The van der Waals surface area contributed by atoms with Crippen molar-refractivity contribution in [1.29, 1.82) is 0 Å². The number of ether oxygens (including phenoxy) is 1. The monoisotopic (exact) mass is 264 g/mol. The lowest BCUT2D eigenvalue weighted by atomic mass is 10.0. The zero-order valence-corrected chi connectivity index (χ0v) is 9.80. The lowest BCUT2D eigenvalue weighted by Crippen LogP contribution is -2.10. The van der Waals surface area contributed by atoms with E-state index in [4.69, 9.17) is 16.7 Å². The summed E-state index contributed by atoms with van der Waals surface area (Å²) in [6, 6.07) is 3.10. The summed E-state index contributed by atoms with van der Waals surface area (Å²) in [4.78, 5) is 10.6. The molecule has 1 aromatic carbocycles. The lowest BCUT2D eigenvalue weighted by Gasteiger charge is -2.14. The third kappa shape index (κ3) is 3.85. The van der Waals surface area contributed by atoms with Gasteiger partial charge in [-0.3, -0.25) is 4.79 Å². The number of carbonyl (C=O) groups is 1. The van der Waals surface area contributed by atoms with Crippen LogP contribution in [0.4, 0.5) is 8.78 Å². The Balaban J connectivity index is 3.22. The van der Waals surface area contributed by atoms with Crippen molar-refractivity contribution in [3.8, 4) is 5.75 Å². The minimum Gasteiger partial charge on any atom is -0.481 e. The molecule has 0 radical (unpaired) electrons. The van der Waals surface area contributed by atoms with Crippen molar-refractivity contribution in [2.45, 2.75) is 25.8 Å². The van der Waals surface area contributed by atoms with Crippen LogP contribution in [-0.2, 0) is 17.1 Å². The highest BCUT2D eigenvalue weighted by atomic mass is 35.5. The van der Waals surface area contributed by atoms with Crippen molar-refractivity contribution in [2.24, 2.45) is 0 Å². The number of aryl methyl sites for hydroxylation is 1. The van der Waals surface area contributed by atoms with Gasteiger partial charge in [-0.2, -0.15) is 8.78 Å².